The van der Waals surface area contributed by atoms with Crippen LogP contribution < -0.4 is 15.2 Å². The molecule has 268 valence electrons. The van der Waals surface area contributed by atoms with Gasteiger partial charge in [0.15, 0.2) is 0 Å². The van der Waals surface area contributed by atoms with Crippen molar-refractivity contribution >= 4 is 78.9 Å². The Balaban J connectivity index is 0.000000271. The molecule has 7 aromatic rings. The molecule has 3 heterocycles. The molecular formula is C48H49BO2S2. The fourth-order valence-electron chi connectivity index (χ4n) is 6.37. The average molecular weight is 733 g/mol. The summed E-state index contributed by atoms with van der Waals surface area (Å²) in [5.74, 6) is 0. The van der Waals surface area contributed by atoms with Crippen LogP contribution in [0.15, 0.2) is 133 Å². The second-order valence-electron chi connectivity index (χ2n) is 14.8. The lowest BCUT2D eigenvalue weighted by atomic mass is 9.78. The van der Waals surface area contributed by atoms with Crippen molar-refractivity contribution in [1.29, 1.82) is 0 Å². The summed E-state index contributed by atoms with van der Waals surface area (Å²) in [7, 11) is -0.367. The normalized spacial score (nSPS) is 14.8. The van der Waals surface area contributed by atoms with Crippen molar-refractivity contribution in [3.8, 4) is 22.3 Å². The number of hydrogen-bond donors (Lipinski definition) is 0. The molecular weight excluding hydrogens is 683 g/mol. The van der Waals surface area contributed by atoms with E-state index in [1.165, 1.54) is 62.6 Å². The minimum atomic E-state index is -0.367. The Labute approximate surface area is 323 Å². The molecule has 1 fully saturated rings. The van der Waals surface area contributed by atoms with E-state index in [1.54, 1.807) is 17.4 Å². The molecule has 0 spiro atoms. The summed E-state index contributed by atoms with van der Waals surface area (Å²) in [6.45, 7) is 23.9. The van der Waals surface area contributed by atoms with Crippen LogP contribution in [0.4, 0.5) is 0 Å². The van der Waals surface area contributed by atoms with Crippen LogP contribution in [0, 0.1) is 6.92 Å². The van der Waals surface area contributed by atoms with Gasteiger partial charge in [0.1, 0.15) is 0 Å². The SMILES string of the molecule is C=CC.C=c1cc(C)s/c1=C/C=C(C)C.CC1(C)OB(c2cccc(-c3cccc(-c4ccc5sc6c7ccccc7ccc6c5c4)c3)c2)OC1(C)C. The Kier molecular flexibility index (Phi) is 11.4. The minimum absolute atomic E-state index is 0.357. The van der Waals surface area contributed by atoms with Crippen molar-refractivity contribution in [3.63, 3.8) is 0 Å². The highest BCUT2D eigenvalue weighted by Gasteiger charge is 2.51. The maximum atomic E-state index is 6.31. The molecule has 53 heavy (non-hydrogen) atoms. The second kappa shape index (κ2) is 15.8. The molecule has 0 N–H and O–H groups in total. The molecule has 0 saturated carbocycles. The van der Waals surface area contributed by atoms with E-state index in [0.29, 0.717) is 0 Å². The monoisotopic (exact) mass is 732 g/mol. The van der Waals surface area contributed by atoms with Gasteiger partial charge < -0.3 is 9.31 Å². The number of aryl methyl sites for hydroxylation is 1. The molecule has 1 saturated heterocycles. The number of allylic oxidation sites excluding steroid dienone is 3. The maximum Gasteiger partial charge on any atom is 0.494 e. The Morgan fingerprint density at radius 3 is 1.94 bits per heavy atom. The van der Waals surface area contributed by atoms with Crippen LogP contribution >= 0.6 is 22.7 Å². The van der Waals surface area contributed by atoms with Crippen LogP contribution in [0.25, 0.3) is 65.9 Å². The Hall–Kier alpha value is -4.52. The lowest BCUT2D eigenvalue weighted by Crippen LogP contribution is -2.41. The van der Waals surface area contributed by atoms with Crippen molar-refractivity contribution in [1.82, 2.24) is 0 Å². The van der Waals surface area contributed by atoms with E-state index < -0.39 is 0 Å². The first-order valence-corrected chi connectivity index (χ1v) is 19.8. The quantitative estimate of drug-likeness (QED) is 0.133. The van der Waals surface area contributed by atoms with E-state index in [9.17, 15) is 0 Å². The third-order valence-electron chi connectivity index (χ3n) is 9.84. The van der Waals surface area contributed by atoms with Crippen LogP contribution in [0.2, 0.25) is 0 Å². The van der Waals surface area contributed by atoms with E-state index in [-0.39, 0.29) is 18.3 Å². The highest BCUT2D eigenvalue weighted by atomic mass is 32.1. The molecule has 1 aliphatic heterocycles. The van der Waals surface area contributed by atoms with Crippen molar-refractivity contribution in [2.45, 2.75) is 66.6 Å². The smallest absolute Gasteiger partial charge is 0.399 e. The number of fused-ring (bicyclic) bond motifs is 5. The highest BCUT2D eigenvalue weighted by Crippen LogP contribution is 2.41. The van der Waals surface area contributed by atoms with E-state index >= 15 is 0 Å². The zero-order valence-electron chi connectivity index (χ0n) is 32.2. The first-order chi connectivity index (χ1) is 25.3. The van der Waals surface area contributed by atoms with Gasteiger partial charge in [-0.05, 0) is 129 Å². The van der Waals surface area contributed by atoms with Crippen molar-refractivity contribution < 1.29 is 9.31 Å². The summed E-state index contributed by atoms with van der Waals surface area (Å²) in [4.78, 5) is 1.33. The van der Waals surface area contributed by atoms with Crippen LogP contribution in [0.1, 0.15) is 53.3 Å². The summed E-state index contributed by atoms with van der Waals surface area (Å²) < 4.78 is 16.6. The van der Waals surface area contributed by atoms with Crippen molar-refractivity contribution in [2.24, 2.45) is 0 Å². The first kappa shape index (κ1) is 38.2. The van der Waals surface area contributed by atoms with E-state index in [0.717, 1.165) is 16.2 Å². The van der Waals surface area contributed by atoms with Crippen LogP contribution in [0.3, 0.4) is 0 Å². The zero-order chi connectivity index (χ0) is 37.9. The summed E-state index contributed by atoms with van der Waals surface area (Å²) >= 11 is 3.68. The fraction of sp³-hybridized carbons (Fsp3) is 0.208. The predicted octanol–water partition coefficient (Wildman–Crippen LogP) is 12.2. The summed E-state index contributed by atoms with van der Waals surface area (Å²) in [5, 5.41) is 6.41. The average Bonchev–Trinajstić information content (AvgIpc) is 3.75. The van der Waals surface area contributed by atoms with Gasteiger partial charge in [0.25, 0.3) is 0 Å². The third-order valence-corrected chi connectivity index (χ3v) is 12.1. The topological polar surface area (TPSA) is 18.5 Å². The van der Waals surface area contributed by atoms with Crippen molar-refractivity contribution in [3.05, 3.63) is 148 Å². The molecule has 0 bridgehead atoms. The highest BCUT2D eigenvalue weighted by molar-refractivity contribution is 7.26. The standard InChI is InChI=1S/C34H29BO2S.C11H14S.C3H6/c1-33(2)34(3,4)37-35(36-33)27-13-8-12-25(20-27)23-10-7-11-24(19-23)26-16-18-31-30(21-26)29-17-15-22-9-5-6-14-28(22)32(29)38-31;1-8(2)5-6-11-9(3)7-10(4)12-11;1-3-2/h5-21H,1-4H3;5-7H,3H2,1-2,4H3;3H,1H2,2H3/b;11-6+;. The summed E-state index contributed by atoms with van der Waals surface area (Å²) in [6, 6.07) is 39.5. The zero-order valence-corrected chi connectivity index (χ0v) is 33.9. The first-order valence-electron chi connectivity index (χ1n) is 18.2. The van der Waals surface area contributed by atoms with Crippen molar-refractivity contribution in [2.75, 3.05) is 0 Å². The molecule has 1 aliphatic rings. The largest absolute Gasteiger partial charge is 0.494 e. The Morgan fingerprint density at radius 1 is 0.679 bits per heavy atom. The van der Waals surface area contributed by atoms with Gasteiger partial charge in [0.2, 0.25) is 0 Å². The molecule has 0 unspecified atom stereocenters. The number of benzene rings is 5. The van der Waals surface area contributed by atoms with Gasteiger partial charge in [0, 0.05) is 29.6 Å². The summed E-state index contributed by atoms with van der Waals surface area (Å²) in [5.41, 5.74) is 6.44. The Morgan fingerprint density at radius 2 is 1.30 bits per heavy atom. The van der Waals surface area contributed by atoms with Crippen LogP contribution in [0.5, 0.6) is 0 Å². The lowest BCUT2D eigenvalue weighted by molar-refractivity contribution is 0.00578. The number of rotatable bonds is 4. The van der Waals surface area contributed by atoms with Gasteiger partial charge in [-0.1, -0.05) is 109 Å². The molecule has 0 amide bonds. The third kappa shape index (κ3) is 8.35. The number of hydrogen-bond acceptors (Lipinski definition) is 4. The van der Waals surface area contributed by atoms with Gasteiger partial charge in [-0.2, -0.15) is 0 Å². The molecule has 0 aliphatic carbocycles. The van der Waals surface area contributed by atoms with Crippen LogP contribution in [-0.2, 0) is 9.31 Å². The van der Waals surface area contributed by atoms with E-state index in [4.69, 9.17) is 9.31 Å². The van der Waals surface area contributed by atoms with Gasteiger partial charge >= 0.3 is 7.12 Å². The Bertz CT molecular complexity index is 2550. The van der Waals surface area contributed by atoms with Crippen LogP contribution in [-0.4, -0.2) is 18.3 Å². The van der Waals surface area contributed by atoms with Gasteiger partial charge in [-0.25, -0.2) is 0 Å². The van der Waals surface area contributed by atoms with E-state index in [1.807, 2.05) is 18.3 Å². The second-order valence-corrected chi connectivity index (χ2v) is 17.2. The number of thiophene rings is 2. The molecule has 5 aromatic carbocycles. The molecule has 8 rings (SSSR count). The molecule has 2 aromatic heterocycles. The molecule has 0 atom stereocenters. The minimum Gasteiger partial charge on any atom is -0.399 e. The molecule has 0 radical (unpaired) electrons. The van der Waals surface area contributed by atoms with Gasteiger partial charge in [-0.3, -0.25) is 0 Å². The maximum absolute atomic E-state index is 6.31. The van der Waals surface area contributed by atoms with Gasteiger partial charge in [-0.15, -0.1) is 29.3 Å². The molecule has 5 heteroatoms. The molecule has 2 nitrogen and oxygen atoms in total. The fourth-order valence-corrected chi connectivity index (χ4v) is 8.47. The van der Waals surface area contributed by atoms with Gasteiger partial charge in [0.05, 0.1) is 11.2 Å². The predicted molar refractivity (Wildman–Crippen MR) is 237 cm³/mol. The lowest BCUT2D eigenvalue weighted by Gasteiger charge is -2.32. The van der Waals surface area contributed by atoms with E-state index in [2.05, 4.69) is 183 Å². The summed E-state index contributed by atoms with van der Waals surface area (Å²) in [6.07, 6.45) is 6.01.